The third-order valence-corrected chi connectivity index (χ3v) is 2.62. The van der Waals surface area contributed by atoms with Crippen LogP contribution in [0.5, 0.6) is 0 Å². The van der Waals surface area contributed by atoms with Crippen molar-refractivity contribution >= 4 is 16.7 Å². The number of pyridine rings is 1. The van der Waals surface area contributed by atoms with E-state index in [2.05, 4.69) is 18.8 Å². The number of nitrogens with two attached hydrogens (primary N) is 1. The summed E-state index contributed by atoms with van der Waals surface area (Å²) in [6.45, 7) is 4.17. The van der Waals surface area contributed by atoms with Gasteiger partial charge in [-0.05, 0) is 18.1 Å². The zero-order valence-corrected chi connectivity index (χ0v) is 9.49. The average Bonchev–Trinajstić information content (AvgIpc) is 2.27. The number of rotatable bonds is 2. The molecule has 1 aromatic heterocycles. The van der Waals surface area contributed by atoms with Crippen LogP contribution in [-0.2, 0) is 0 Å². The number of hydrogen-bond acceptors (Lipinski definition) is 2. The molecule has 0 unspecified atom stereocenters. The van der Waals surface area contributed by atoms with Gasteiger partial charge in [0.15, 0.2) is 0 Å². The van der Waals surface area contributed by atoms with Gasteiger partial charge in [-0.15, -0.1) is 0 Å². The van der Waals surface area contributed by atoms with Gasteiger partial charge < -0.3 is 5.73 Å². The van der Waals surface area contributed by atoms with Crippen LogP contribution < -0.4 is 5.73 Å². The molecular weight excluding hydrogens is 198 g/mol. The molecule has 3 nitrogen and oxygen atoms in total. The molecule has 0 bridgehead atoms. The maximum atomic E-state index is 7.61. The standard InChI is InChI=1S/C13H15N3/c1-8(2)12-7-10(13(14)15)9-5-3-4-6-11(9)16-12/h3-8H,1-2H3,(H3,14,15). The molecular formula is C13H15N3. The minimum absolute atomic E-state index is 0.0977. The van der Waals surface area contributed by atoms with E-state index in [1.54, 1.807) is 0 Å². The van der Waals surface area contributed by atoms with Crippen LogP contribution in [0.4, 0.5) is 0 Å². The van der Waals surface area contributed by atoms with Crippen LogP contribution in [0.1, 0.15) is 31.0 Å². The van der Waals surface area contributed by atoms with Gasteiger partial charge in [0.05, 0.1) is 5.52 Å². The Morgan fingerprint density at radius 1 is 1.31 bits per heavy atom. The van der Waals surface area contributed by atoms with E-state index < -0.39 is 0 Å². The Bertz CT molecular complexity index is 544. The lowest BCUT2D eigenvalue weighted by Gasteiger charge is -2.10. The summed E-state index contributed by atoms with van der Waals surface area (Å²) in [5, 5.41) is 8.55. The summed E-state index contributed by atoms with van der Waals surface area (Å²) in [6.07, 6.45) is 0. The molecule has 2 aromatic rings. The third kappa shape index (κ3) is 1.76. The molecule has 0 fully saturated rings. The molecule has 0 spiro atoms. The van der Waals surface area contributed by atoms with E-state index in [0.717, 1.165) is 22.2 Å². The van der Waals surface area contributed by atoms with Crippen LogP contribution in [-0.4, -0.2) is 10.8 Å². The smallest absolute Gasteiger partial charge is 0.123 e. The summed E-state index contributed by atoms with van der Waals surface area (Å²) in [5.74, 6) is 0.434. The van der Waals surface area contributed by atoms with Gasteiger partial charge in [-0.1, -0.05) is 32.0 Å². The average molecular weight is 213 g/mol. The molecule has 2 rings (SSSR count). The quantitative estimate of drug-likeness (QED) is 0.595. The van der Waals surface area contributed by atoms with Crippen LogP contribution in [0.2, 0.25) is 0 Å². The van der Waals surface area contributed by atoms with Gasteiger partial charge in [0, 0.05) is 16.6 Å². The van der Waals surface area contributed by atoms with E-state index in [1.807, 2.05) is 30.3 Å². The van der Waals surface area contributed by atoms with Crippen molar-refractivity contribution < 1.29 is 0 Å². The second-order valence-corrected chi connectivity index (χ2v) is 4.18. The summed E-state index contributed by atoms with van der Waals surface area (Å²) in [6, 6.07) is 9.70. The van der Waals surface area contributed by atoms with Crippen molar-refractivity contribution in [1.29, 1.82) is 5.41 Å². The number of para-hydroxylation sites is 1. The summed E-state index contributed by atoms with van der Waals surface area (Å²) in [4.78, 5) is 4.57. The normalized spacial score (nSPS) is 10.9. The molecule has 0 aliphatic rings. The highest BCUT2D eigenvalue weighted by molar-refractivity contribution is 6.06. The highest BCUT2D eigenvalue weighted by Crippen LogP contribution is 2.21. The molecule has 0 saturated heterocycles. The largest absolute Gasteiger partial charge is 0.384 e. The molecule has 0 amide bonds. The highest BCUT2D eigenvalue weighted by Gasteiger charge is 2.09. The number of nitrogens with one attached hydrogen (secondary N) is 1. The third-order valence-electron chi connectivity index (χ3n) is 2.62. The fourth-order valence-electron chi connectivity index (χ4n) is 1.71. The van der Waals surface area contributed by atoms with Crippen molar-refractivity contribution in [2.75, 3.05) is 0 Å². The van der Waals surface area contributed by atoms with E-state index in [4.69, 9.17) is 11.1 Å². The number of hydrogen-bond donors (Lipinski definition) is 2. The molecule has 1 aromatic carbocycles. The molecule has 16 heavy (non-hydrogen) atoms. The molecule has 3 heteroatoms. The molecule has 0 radical (unpaired) electrons. The molecule has 0 saturated carbocycles. The van der Waals surface area contributed by atoms with E-state index in [9.17, 15) is 0 Å². The van der Waals surface area contributed by atoms with Gasteiger partial charge in [-0.3, -0.25) is 10.4 Å². The summed E-state index contributed by atoms with van der Waals surface area (Å²) in [7, 11) is 0. The predicted molar refractivity (Wildman–Crippen MR) is 66.8 cm³/mol. The van der Waals surface area contributed by atoms with Gasteiger partial charge in [0.1, 0.15) is 5.84 Å². The molecule has 0 aliphatic carbocycles. The van der Waals surface area contributed by atoms with Crippen molar-refractivity contribution in [3.63, 3.8) is 0 Å². The Hall–Kier alpha value is -1.90. The van der Waals surface area contributed by atoms with E-state index in [-0.39, 0.29) is 5.84 Å². The molecule has 3 N–H and O–H groups in total. The first-order valence-corrected chi connectivity index (χ1v) is 5.33. The monoisotopic (exact) mass is 213 g/mol. The summed E-state index contributed by atoms with van der Waals surface area (Å²) >= 11 is 0. The zero-order valence-electron chi connectivity index (χ0n) is 9.49. The lowest BCUT2D eigenvalue weighted by Crippen LogP contribution is -2.13. The minimum Gasteiger partial charge on any atom is -0.384 e. The molecule has 82 valence electrons. The minimum atomic E-state index is 0.0977. The molecule has 1 heterocycles. The number of aromatic nitrogens is 1. The Morgan fingerprint density at radius 3 is 2.62 bits per heavy atom. The van der Waals surface area contributed by atoms with Crippen molar-refractivity contribution in [1.82, 2.24) is 4.98 Å². The number of nitrogens with zero attached hydrogens (tertiary/aromatic N) is 1. The fourth-order valence-corrected chi connectivity index (χ4v) is 1.71. The fraction of sp³-hybridized carbons (Fsp3) is 0.231. The number of fused-ring (bicyclic) bond motifs is 1. The van der Waals surface area contributed by atoms with Gasteiger partial charge in [-0.2, -0.15) is 0 Å². The Labute approximate surface area is 94.8 Å². The van der Waals surface area contributed by atoms with Crippen LogP contribution in [0.25, 0.3) is 10.9 Å². The van der Waals surface area contributed by atoms with Crippen LogP contribution in [0.15, 0.2) is 30.3 Å². The van der Waals surface area contributed by atoms with E-state index >= 15 is 0 Å². The van der Waals surface area contributed by atoms with Crippen LogP contribution in [0.3, 0.4) is 0 Å². The zero-order chi connectivity index (χ0) is 11.7. The highest BCUT2D eigenvalue weighted by atomic mass is 14.7. The van der Waals surface area contributed by atoms with E-state index in [1.165, 1.54) is 0 Å². The van der Waals surface area contributed by atoms with E-state index in [0.29, 0.717) is 5.92 Å². The maximum absolute atomic E-state index is 7.61. The summed E-state index contributed by atoms with van der Waals surface area (Å²) in [5.41, 5.74) is 8.25. The van der Waals surface area contributed by atoms with Crippen molar-refractivity contribution in [2.24, 2.45) is 5.73 Å². The van der Waals surface area contributed by atoms with Gasteiger partial charge in [-0.25, -0.2) is 0 Å². The molecule has 0 atom stereocenters. The second-order valence-electron chi connectivity index (χ2n) is 4.18. The van der Waals surface area contributed by atoms with Crippen LogP contribution >= 0.6 is 0 Å². The Kier molecular flexibility index (Phi) is 2.60. The predicted octanol–water partition coefficient (Wildman–Crippen LogP) is 2.64. The molecule has 0 aliphatic heterocycles. The van der Waals surface area contributed by atoms with Crippen molar-refractivity contribution in [3.05, 3.63) is 41.6 Å². The Morgan fingerprint density at radius 2 is 2.00 bits per heavy atom. The second kappa shape index (κ2) is 3.93. The number of amidine groups is 1. The first-order chi connectivity index (χ1) is 7.59. The lowest BCUT2D eigenvalue weighted by atomic mass is 10.0. The number of benzene rings is 1. The lowest BCUT2D eigenvalue weighted by molar-refractivity contribution is 0.829. The SMILES string of the molecule is CC(C)c1cc(C(=N)N)c2ccccc2n1. The topological polar surface area (TPSA) is 62.8 Å². The number of nitrogen functional groups attached to an aromatic ring is 1. The maximum Gasteiger partial charge on any atom is 0.123 e. The first kappa shape index (κ1) is 10.6. The first-order valence-electron chi connectivity index (χ1n) is 5.33. The van der Waals surface area contributed by atoms with Gasteiger partial charge >= 0.3 is 0 Å². The summed E-state index contributed by atoms with van der Waals surface area (Å²) < 4.78 is 0. The van der Waals surface area contributed by atoms with Crippen molar-refractivity contribution in [2.45, 2.75) is 19.8 Å². The van der Waals surface area contributed by atoms with Crippen LogP contribution in [0, 0.1) is 5.41 Å². The van der Waals surface area contributed by atoms with Gasteiger partial charge in [0.2, 0.25) is 0 Å². The van der Waals surface area contributed by atoms with Gasteiger partial charge in [0.25, 0.3) is 0 Å². The Balaban J connectivity index is 2.79. The van der Waals surface area contributed by atoms with Crippen molar-refractivity contribution in [3.8, 4) is 0 Å².